The first kappa shape index (κ1) is 14.8. The van der Waals surface area contributed by atoms with Crippen molar-refractivity contribution in [2.24, 2.45) is 0 Å². The summed E-state index contributed by atoms with van der Waals surface area (Å²) in [7, 11) is 0. The Balaban J connectivity index is 2.15. The lowest BCUT2D eigenvalue weighted by atomic mass is 10.1. The van der Waals surface area contributed by atoms with E-state index in [0.717, 1.165) is 32.7 Å². The van der Waals surface area contributed by atoms with Crippen molar-refractivity contribution < 1.29 is 4.79 Å². The minimum atomic E-state index is -0.0651. The average Bonchev–Trinajstić information content (AvgIpc) is 2.62. The SMILES string of the molecule is Cc1cc(C)n(CC(=O)Nc2c(C)cc(Br)cc2C)n1. The smallest absolute Gasteiger partial charge is 0.246 e. The molecule has 2 aromatic rings. The molecule has 0 aliphatic heterocycles. The molecule has 0 saturated carbocycles. The Labute approximate surface area is 127 Å². The molecule has 1 aromatic carbocycles. The summed E-state index contributed by atoms with van der Waals surface area (Å²) in [5.41, 5.74) is 4.87. The molecule has 1 amide bonds. The summed E-state index contributed by atoms with van der Waals surface area (Å²) in [6.45, 7) is 8.07. The van der Waals surface area contributed by atoms with E-state index in [1.54, 1.807) is 4.68 Å². The highest BCUT2D eigenvalue weighted by Gasteiger charge is 2.11. The van der Waals surface area contributed by atoms with Crippen LogP contribution in [0.25, 0.3) is 0 Å². The van der Waals surface area contributed by atoms with Gasteiger partial charge in [0.1, 0.15) is 6.54 Å². The number of nitrogens with zero attached hydrogens (tertiary/aromatic N) is 2. The number of amides is 1. The molecule has 2 rings (SSSR count). The van der Waals surface area contributed by atoms with Crippen molar-refractivity contribution in [1.82, 2.24) is 9.78 Å². The highest BCUT2D eigenvalue weighted by molar-refractivity contribution is 9.10. The third-order valence-corrected chi connectivity index (χ3v) is 3.62. The maximum Gasteiger partial charge on any atom is 0.246 e. The van der Waals surface area contributed by atoms with Gasteiger partial charge < -0.3 is 5.32 Å². The second-order valence-electron chi connectivity index (χ2n) is 5.05. The molecule has 0 fully saturated rings. The van der Waals surface area contributed by atoms with E-state index in [1.165, 1.54) is 0 Å². The molecule has 0 radical (unpaired) electrons. The largest absolute Gasteiger partial charge is 0.324 e. The van der Waals surface area contributed by atoms with E-state index in [0.29, 0.717) is 0 Å². The minimum Gasteiger partial charge on any atom is -0.324 e. The summed E-state index contributed by atoms with van der Waals surface area (Å²) < 4.78 is 2.73. The standard InChI is InChI=1S/C15H18BrN3O/c1-9-5-13(16)6-10(2)15(9)17-14(20)8-19-12(4)7-11(3)18-19/h5-7H,8H2,1-4H3,(H,17,20). The van der Waals surface area contributed by atoms with E-state index in [9.17, 15) is 4.79 Å². The van der Waals surface area contributed by atoms with Gasteiger partial charge in [-0.3, -0.25) is 9.48 Å². The molecule has 1 N–H and O–H groups in total. The molecule has 0 aliphatic rings. The van der Waals surface area contributed by atoms with Crippen LogP contribution in [0, 0.1) is 27.7 Å². The summed E-state index contributed by atoms with van der Waals surface area (Å²) in [5.74, 6) is -0.0651. The van der Waals surface area contributed by atoms with Crippen LogP contribution in [-0.2, 0) is 11.3 Å². The number of aromatic nitrogens is 2. The molecule has 0 spiro atoms. The van der Waals surface area contributed by atoms with E-state index in [1.807, 2.05) is 45.9 Å². The lowest BCUT2D eigenvalue weighted by Crippen LogP contribution is -2.21. The number of hydrogen-bond acceptors (Lipinski definition) is 2. The van der Waals surface area contributed by atoms with Crippen molar-refractivity contribution in [3.8, 4) is 0 Å². The number of carbonyl (C=O) groups excluding carboxylic acids is 1. The molecule has 106 valence electrons. The quantitative estimate of drug-likeness (QED) is 0.932. The molecule has 1 heterocycles. The van der Waals surface area contributed by atoms with Gasteiger partial charge in [0, 0.05) is 15.9 Å². The zero-order valence-corrected chi connectivity index (χ0v) is 13.7. The monoisotopic (exact) mass is 335 g/mol. The zero-order valence-electron chi connectivity index (χ0n) is 12.1. The fourth-order valence-electron chi connectivity index (χ4n) is 2.26. The molecular weight excluding hydrogens is 318 g/mol. The van der Waals surface area contributed by atoms with Crippen LogP contribution in [0.1, 0.15) is 22.5 Å². The van der Waals surface area contributed by atoms with E-state index < -0.39 is 0 Å². The highest BCUT2D eigenvalue weighted by atomic mass is 79.9. The van der Waals surface area contributed by atoms with Gasteiger partial charge in [0.15, 0.2) is 0 Å². The Morgan fingerprint density at radius 1 is 1.20 bits per heavy atom. The Hall–Kier alpha value is -1.62. The molecule has 0 saturated heterocycles. The first-order valence-corrected chi connectivity index (χ1v) is 7.24. The summed E-state index contributed by atoms with van der Waals surface area (Å²) in [6, 6.07) is 5.95. The van der Waals surface area contributed by atoms with Crippen molar-refractivity contribution in [3.05, 3.63) is 45.2 Å². The Morgan fingerprint density at radius 3 is 2.30 bits per heavy atom. The van der Waals surface area contributed by atoms with Gasteiger partial charge in [-0.2, -0.15) is 5.10 Å². The normalized spacial score (nSPS) is 10.7. The fraction of sp³-hybridized carbons (Fsp3) is 0.333. The van der Waals surface area contributed by atoms with E-state index in [2.05, 4.69) is 26.3 Å². The first-order valence-electron chi connectivity index (χ1n) is 6.44. The average molecular weight is 336 g/mol. The first-order chi connectivity index (χ1) is 9.36. The summed E-state index contributed by atoms with van der Waals surface area (Å²) in [6.07, 6.45) is 0. The summed E-state index contributed by atoms with van der Waals surface area (Å²) >= 11 is 3.45. The number of carbonyl (C=O) groups is 1. The maximum absolute atomic E-state index is 12.1. The molecule has 5 heteroatoms. The number of nitrogens with one attached hydrogen (secondary N) is 1. The number of aryl methyl sites for hydroxylation is 4. The van der Waals surface area contributed by atoms with E-state index in [-0.39, 0.29) is 12.5 Å². The Kier molecular flexibility index (Phi) is 4.28. The number of hydrogen-bond donors (Lipinski definition) is 1. The third kappa shape index (κ3) is 3.28. The van der Waals surface area contributed by atoms with Gasteiger partial charge in [-0.25, -0.2) is 0 Å². The van der Waals surface area contributed by atoms with Crippen LogP contribution in [-0.4, -0.2) is 15.7 Å². The number of benzene rings is 1. The van der Waals surface area contributed by atoms with Crippen LogP contribution in [0.15, 0.2) is 22.7 Å². The van der Waals surface area contributed by atoms with Gasteiger partial charge in [0.05, 0.1) is 5.69 Å². The molecule has 20 heavy (non-hydrogen) atoms. The predicted octanol–water partition coefficient (Wildman–Crippen LogP) is 3.52. The Morgan fingerprint density at radius 2 is 1.80 bits per heavy atom. The van der Waals surface area contributed by atoms with Crippen molar-refractivity contribution in [2.75, 3.05) is 5.32 Å². The van der Waals surface area contributed by atoms with Crippen molar-refractivity contribution in [1.29, 1.82) is 0 Å². The van der Waals surface area contributed by atoms with Gasteiger partial charge in [-0.05, 0) is 57.0 Å². The zero-order chi connectivity index (χ0) is 14.9. The van der Waals surface area contributed by atoms with Crippen molar-refractivity contribution in [3.63, 3.8) is 0 Å². The molecule has 0 aliphatic carbocycles. The second kappa shape index (κ2) is 5.79. The molecule has 0 bridgehead atoms. The second-order valence-corrected chi connectivity index (χ2v) is 5.96. The van der Waals surface area contributed by atoms with Crippen LogP contribution >= 0.6 is 15.9 Å². The van der Waals surface area contributed by atoms with Gasteiger partial charge >= 0.3 is 0 Å². The molecule has 0 atom stereocenters. The molecule has 1 aromatic heterocycles. The molecule has 0 unspecified atom stereocenters. The predicted molar refractivity (Wildman–Crippen MR) is 83.9 cm³/mol. The van der Waals surface area contributed by atoms with Gasteiger partial charge in [0.25, 0.3) is 0 Å². The highest BCUT2D eigenvalue weighted by Crippen LogP contribution is 2.25. The minimum absolute atomic E-state index is 0.0651. The summed E-state index contributed by atoms with van der Waals surface area (Å²) in [4.78, 5) is 12.1. The fourth-order valence-corrected chi connectivity index (χ4v) is 2.94. The van der Waals surface area contributed by atoms with Crippen LogP contribution in [0.4, 0.5) is 5.69 Å². The third-order valence-electron chi connectivity index (χ3n) is 3.16. The summed E-state index contributed by atoms with van der Waals surface area (Å²) in [5, 5.41) is 7.27. The Bertz CT molecular complexity index is 638. The van der Waals surface area contributed by atoms with Crippen LogP contribution in [0.2, 0.25) is 0 Å². The number of anilines is 1. The van der Waals surface area contributed by atoms with Gasteiger partial charge in [-0.1, -0.05) is 15.9 Å². The number of rotatable bonds is 3. The van der Waals surface area contributed by atoms with Gasteiger partial charge in [0.2, 0.25) is 5.91 Å². The van der Waals surface area contributed by atoms with E-state index in [4.69, 9.17) is 0 Å². The van der Waals surface area contributed by atoms with E-state index >= 15 is 0 Å². The topological polar surface area (TPSA) is 46.9 Å². The van der Waals surface area contributed by atoms with Gasteiger partial charge in [-0.15, -0.1) is 0 Å². The van der Waals surface area contributed by atoms with Crippen molar-refractivity contribution in [2.45, 2.75) is 34.2 Å². The van der Waals surface area contributed by atoms with Crippen LogP contribution < -0.4 is 5.32 Å². The lowest BCUT2D eigenvalue weighted by molar-refractivity contribution is -0.116. The van der Waals surface area contributed by atoms with Crippen LogP contribution in [0.5, 0.6) is 0 Å². The lowest BCUT2D eigenvalue weighted by Gasteiger charge is -2.13. The molecular formula is C15H18BrN3O. The van der Waals surface area contributed by atoms with Crippen LogP contribution in [0.3, 0.4) is 0 Å². The van der Waals surface area contributed by atoms with Crippen molar-refractivity contribution >= 4 is 27.5 Å². The maximum atomic E-state index is 12.1. The number of halogens is 1. The molecule has 4 nitrogen and oxygen atoms in total.